The van der Waals surface area contributed by atoms with Crippen LogP contribution in [0, 0.1) is 0 Å². The second-order valence-corrected chi connectivity index (χ2v) is 7.96. The molecule has 1 amide bonds. The fourth-order valence-corrected chi connectivity index (χ4v) is 4.25. The third kappa shape index (κ3) is 4.53. The van der Waals surface area contributed by atoms with Crippen LogP contribution < -0.4 is 4.74 Å². The standard InChI is InChI=1S/C21H29N5O3/c1-29-18-8-7-16(20(27)12-18)13-24-9-5-6-17(14-24)26-15-19(22-23-26)21(28)25-10-3-2-4-11-25/h7-8,12,15,17,27H,2-6,9-11,13-14H2,1H3/t17-/m1/s1. The number of likely N-dealkylation sites (tertiary alicyclic amines) is 2. The lowest BCUT2D eigenvalue weighted by atomic mass is 10.0. The van der Waals surface area contributed by atoms with Crippen molar-refractivity contribution in [2.45, 2.75) is 44.7 Å². The number of phenols is 1. The zero-order valence-corrected chi connectivity index (χ0v) is 17.0. The Balaban J connectivity index is 1.40. The Hall–Kier alpha value is -2.61. The number of ether oxygens (including phenoxy) is 1. The highest BCUT2D eigenvalue weighted by Crippen LogP contribution is 2.27. The lowest BCUT2D eigenvalue weighted by Gasteiger charge is -2.32. The Labute approximate surface area is 171 Å². The average Bonchev–Trinajstić information content (AvgIpc) is 3.26. The SMILES string of the molecule is COc1ccc(CN2CCC[C@@H](n3cc(C(=O)N4CCCCC4)nn3)C2)c(O)c1. The summed E-state index contributed by atoms with van der Waals surface area (Å²) < 4.78 is 7.00. The van der Waals surface area contributed by atoms with E-state index in [0.717, 1.165) is 57.4 Å². The molecule has 156 valence electrons. The number of hydrogen-bond donors (Lipinski definition) is 1. The van der Waals surface area contributed by atoms with Crippen molar-refractivity contribution in [3.63, 3.8) is 0 Å². The van der Waals surface area contributed by atoms with Crippen molar-refractivity contribution in [2.75, 3.05) is 33.3 Å². The molecule has 0 aliphatic carbocycles. The summed E-state index contributed by atoms with van der Waals surface area (Å²) in [6, 6.07) is 5.60. The lowest BCUT2D eigenvalue weighted by Crippen LogP contribution is -2.36. The number of hydrogen-bond acceptors (Lipinski definition) is 6. The third-order valence-electron chi connectivity index (χ3n) is 5.91. The van der Waals surface area contributed by atoms with Crippen molar-refractivity contribution in [1.82, 2.24) is 24.8 Å². The fraction of sp³-hybridized carbons (Fsp3) is 0.571. The molecule has 2 aliphatic heterocycles. The summed E-state index contributed by atoms with van der Waals surface area (Å²) in [5.41, 5.74) is 1.32. The quantitative estimate of drug-likeness (QED) is 0.832. The number of methoxy groups -OCH3 is 1. The van der Waals surface area contributed by atoms with E-state index in [4.69, 9.17) is 4.74 Å². The molecule has 0 bridgehead atoms. The number of phenolic OH excluding ortho intramolecular Hbond substituents is 1. The normalized spacial score (nSPS) is 20.6. The summed E-state index contributed by atoms with van der Waals surface area (Å²) in [4.78, 5) is 16.8. The molecule has 1 aromatic heterocycles. The van der Waals surface area contributed by atoms with Crippen LogP contribution in [0.4, 0.5) is 0 Å². The molecule has 29 heavy (non-hydrogen) atoms. The minimum atomic E-state index is -0.00762. The van der Waals surface area contributed by atoms with Gasteiger partial charge in [0, 0.05) is 37.8 Å². The predicted octanol–water partition coefficient (Wildman–Crippen LogP) is 2.46. The molecule has 0 radical (unpaired) electrons. The number of benzene rings is 1. The lowest BCUT2D eigenvalue weighted by molar-refractivity contribution is 0.0718. The number of aromatic nitrogens is 3. The largest absolute Gasteiger partial charge is 0.507 e. The molecule has 8 nitrogen and oxygen atoms in total. The molecule has 2 aliphatic rings. The average molecular weight is 399 g/mol. The second-order valence-electron chi connectivity index (χ2n) is 7.96. The summed E-state index contributed by atoms with van der Waals surface area (Å²) in [5, 5.41) is 18.7. The Morgan fingerprint density at radius 3 is 2.79 bits per heavy atom. The van der Waals surface area contributed by atoms with Gasteiger partial charge < -0.3 is 14.7 Å². The van der Waals surface area contributed by atoms with Gasteiger partial charge in [-0.15, -0.1) is 5.10 Å². The fourth-order valence-electron chi connectivity index (χ4n) is 4.25. The Kier molecular flexibility index (Phi) is 5.99. The van der Waals surface area contributed by atoms with Gasteiger partial charge in [0.05, 0.1) is 19.3 Å². The van der Waals surface area contributed by atoms with Crippen LogP contribution in [0.25, 0.3) is 0 Å². The molecule has 4 rings (SSSR count). The maximum Gasteiger partial charge on any atom is 0.276 e. The van der Waals surface area contributed by atoms with E-state index >= 15 is 0 Å². The van der Waals surface area contributed by atoms with Crippen molar-refractivity contribution in [3.8, 4) is 11.5 Å². The highest BCUT2D eigenvalue weighted by molar-refractivity contribution is 5.91. The Morgan fingerprint density at radius 1 is 1.21 bits per heavy atom. The molecule has 1 aromatic carbocycles. The Morgan fingerprint density at radius 2 is 2.03 bits per heavy atom. The molecule has 3 heterocycles. The zero-order chi connectivity index (χ0) is 20.2. The van der Waals surface area contributed by atoms with Crippen molar-refractivity contribution in [1.29, 1.82) is 0 Å². The van der Waals surface area contributed by atoms with Gasteiger partial charge in [-0.05, 0) is 44.7 Å². The van der Waals surface area contributed by atoms with E-state index in [1.807, 2.05) is 21.7 Å². The van der Waals surface area contributed by atoms with Crippen molar-refractivity contribution in [2.24, 2.45) is 0 Å². The first-order valence-electron chi connectivity index (χ1n) is 10.4. The molecule has 1 atom stereocenters. The molecule has 8 heteroatoms. The number of carbonyl (C=O) groups is 1. The van der Waals surface area contributed by atoms with Crippen LogP contribution in [0.15, 0.2) is 24.4 Å². The van der Waals surface area contributed by atoms with Crippen molar-refractivity contribution >= 4 is 5.91 Å². The molecular formula is C21H29N5O3. The van der Waals surface area contributed by atoms with E-state index in [9.17, 15) is 9.90 Å². The first-order valence-corrected chi connectivity index (χ1v) is 10.4. The minimum Gasteiger partial charge on any atom is -0.507 e. The van der Waals surface area contributed by atoms with Gasteiger partial charge in [0.25, 0.3) is 5.91 Å². The summed E-state index contributed by atoms with van der Waals surface area (Å²) in [5.74, 6) is 0.893. The second kappa shape index (κ2) is 8.82. The van der Waals surface area contributed by atoms with Gasteiger partial charge in [0.2, 0.25) is 0 Å². The van der Waals surface area contributed by atoms with Crippen molar-refractivity contribution in [3.05, 3.63) is 35.7 Å². The van der Waals surface area contributed by atoms with E-state index in [2.05, 4.69) is 15.2 Å². The number of piperidine rings is 2. The van der Waals surface area contributed by atoms with Crippen LogP contribution in [0.1, 0.15) is 54.2 Å². The van der Waals surface area contributed by atoms with Crippen LogP contribution in [0.2, 0.25) is 0 Å². The number of amides is 1. The van der Waals surface area contributed by atoms with Gasteiger partial charge in [0.1, 0.15) is 11.5 Å². The molecular weight excluding hydrogens is 370 g/mol. The van der Waals surface area contributed by atoms with Gasteiger partial charge >= 0.3 is 0 Å². The number of nitrogens with zero attached hydrogens (tertiary/aromatic N) is 5. The summed E-state index contributed by atoms with van der Waals surface area (Å²) in [6.45, 7) is 4.07. The predicted molar refractivity (Wildman–Crippen MR) is 108 cm³/mol. The molecule has 1 N–H and O–H groups in total. The first kappa shape index (κ1) is 19.7. The van der Waals surface area contributed by atoms with Crippen LogP contribution >= 0.6 is 0 Å². The van der Waals surface area contributed by atoms with Crippen LogP contribution in [-0.4, -0.2) is 69.1 Å². The van der Waals surface area contributed by atoms with E-state index in [0.29, 0.717) is 18.0 Å². The summed E-state index contributed by atoms with van der Waals surface area (Å²) in [6.07, 6.45) is 7.17. The van der Waals surface area contributed by atoms with E-state index < -0.39 is 0 Å². The smallest absolute Gasteiger partial charge is 0.276 e. The molecule has 0 unspecified atom stereocenters. The van der Waals surface area contributed by atoms with Crippen LogP contribution in [0.3, 0.4) is 0 Å². The van der Waals surface area contributed by atoms with Crippen LogP contribution in [0.5, 0.6) is 11.5 Å². The van der Waals surface area contributed by atoms with Gasteiger partial charge in [-0.2, -0.15) is 0 Å². The minimum absolute atomic E-state index is 0.00762. The number of rotatable bonds is 5. The monoisotopic (exact) mass is 399 g/mol. The number of aromatic hydroxyl groups is 1. The van der Waals surface area contributed by atoms with Gasteiger partial charge in [-0.25, -0.2) is 4.68 Å². The maximum absolute atomic E-state index is 12.7. The maximum atomic E-state index is 12.7. The van der Waals surface area contributed by atoms with E-state index in [-0.39, 0.29) is 17.7 Å². The highest BCUT2D eigenvalue weighted by atomic mass is 16.5. The highest BCUT2D eigenvalue weighted by Gasteiger charge is 2.26. The molecule has 2 saturated heterocycles. The van der Waals surface area contributed by atoms with Gasteiger partial charge in [0.15, 0.2) is 5.69 Å². The van der Waals surface area contributed by atoms with Gasteiger partial charge in [-0.3, -0.25) is 9.69 Å². The van der Waals surface area contributed by atoms with E-state index in [1.54, 1.807) is 19.4 Å². The molecule has 2 fully saturated rings. The zero-order valence-electron chi connectivity index (χ0n) is 17.0. The Bertz CT molecular complexity index is 847. The third-order valence-corrected chi connectivity index (χ3v) is 5.91. The molecule has 0 saturated carbocycles. The summed E-state index contributed by atoms with van der Waals surface area (Å²) in [7, 11) is 1.59. The summed E-state index contributed by atoms with van der Waals surface area (Å²) >= 11 is 0. The molecule has 0 spiro atoms. The first-order chi connectivity index (χ1) is 14.1. The topological polar surface area (TPSA) is 83.7 Å². The van der Waals surface area contributed by atoms with Crippen molar-refractivity contribution < 1.29 is 14.6 Å². The van der Waals surface area contributed by atoms with Gasteiger partial charge in [-0.1, -0.05) is 11.3 Å². The molecule has 2 aromatic rings. The van der Waals surface area contributed by atoms with Crippen LogP contribution in [-0.2, 0) is 6.54 Å². The number of carbonyl (C=O) groups excluding carboxylic acids is 1. The van der Waals surface area contributed by atoms with E-state index in [1.165, 1.54) is 6.42 Å².